The maximum atomic E-state index is 13.2. The SMILES string of the molecule is CC/C=C\C/C=C\C/C=C\C/C=C\C/C=C\CCCC(=O)OC1C(OCC(COC(=O)CCCCCCCCCCC/C=C\C/C=C\CCCCC)OC(=O)CCCCCCCCCCCCCCCCCCCCC)OC(C(=O)O)C(O)C1O. The van der Waals surface area contributed by atoms with Crippen molar-refractivity contribution in [3.8, 4) is 0 Å². The summed E-state index contributed by atoms with van der Waals surface area (Å²) in [7, 11) is 0. The molecule has 12 heteroatoms. The Bertz CT molecular complexity index is 1800. The highest BCUT2D eigenvalue weighted by molar-refractivity contribution is 5.74. The lowest BCUT2D eigenvalue weighted by Crippen LogP contribution is -2.61. The summed E-state index contributed by atoms with van der Waals surface area (Å²) in [6, 6.07) is 0. The molecule has 85 heavy (non-hydrogen) atoms. The number of aliphatic carboxylic acids is 1. The average molecular weight is 1190 g/mol. The molecule has 0 aromatic rings. The molecule has 0 aliphatic carbocycles. The van der Waals surface area contributed by atoms with Gasteiger partial charge in [0.2, 0.25) is 0 Å². The first-order valence-corrected chi connectivity index (χ1v) is 34.6. The number of rotatable bonds is 59. The van der Waals surface area contributed by atoms with Crippen molar-refractivity contribution in [1.82, 2.24) is 0 Å². The van der Waals surface area contributed by atoms with E-state index in [9.17, 15) is 34.5 Å². The quantitative estimate of drug-likeness (QED) is 0.0228. The van der Waals surface area contributed by atoms with E-state index in [1.54, 1.807) is 0 Å². The third-order valence-corrected chi connectivity index (χ3v) is 15.5. The molecular weight excluding hydrogens is 1070 g/mol. The zero-order valence-electron chi connectivity index (χ0n) is 54.1. The summed E-state index contributed by atoms with van der Waals surface area (Å²) in [6.45, 7) is 5.88. The number of carboxylic acid groups (broad SMARTS) is 1. The van der Waals surface area contributed by atoms with E-state index in [0.717, 1.165) is 83.5 Å². The lowest BCUT2D eigenvalue weighted by atomic mass is 9.98. The largest absolute Gasteiger partial charge is 0.479 e. The maximum absolute atomic E-state index is 13.2. The van der Waals surface area contributed by atoms with Crippen LogP contribution >= 0.6 is 0 Å². The number of aliphatic hydroxyl groups is 2. The van der Waals surface area contributed by atoms with Crippen LogP contribution in [0.5, 0.6) is 0 Å². The molecule has 0 spiro atoms. The smallest absolute Gasteiger partial charge is 0.335 e. The van der Waals surface area contributed by atoms with Gasteiger partial charge in [0.1, 0.15) is 18.8 Å². The van der Waals surface area contributed by atoms with Gasteiger partial charge < -0.3 is 39.0 Å². The Morgan fingerprint density at radius 3 is 1.19 bits per heavy atom. The zero-order valence-corrected chi connectivity index (χ0v) is 54.1. The van der Waals surface area contributed by atoms with Gasteiger partial charge in [0.15, 0.2) is 24.6 Å². The highest BCUT2D eigenvalue weighted by Crippen LogP contribution is 2.27. The second kappa shape index (κ2) is 60.2. The second-order valence-electron chi connectivity index (χ2n) is 23.4. The summed E-state index contributed by atoms with van der Waals surface area (Å²) in [6.07, 6.45) is 66.9. The van der Waals surface area contributed by atoms with E-state index in [-0.39, 0.29) is 25.9 Å². The van der Waals surface area contributed by atoms with Crippen LogP contribution in [0.1, 0.15) is 303 Å². The van der Waals surface area contributed by atoms with E-state index < -0.39 is 67.3 Å². The van der Waals surface area contributed by atoms with Gasteiger partial charge in [-0.3, -0.25) is 14.4 Å². The molecule has 488 valence electrons. The zero-order chi connectivity index (χ0) is 61.7. The molecule has 3 N–H and O–H groups in total. The molecule has 0 aromatic carbocycles. The third-order valence-electron chi connectivity index (χ3n) is 15.5. The molecule has 1 aliphatic rings. The van der Waals surface area contributed by atoms with E-state index in [1.807, 2.05) is 12.2 Å². The number of aliphatic hydroxyl groups excluding tert-OH is 2. The predicted molar refractivity (Wildman–Crippen MR) is 349 cm³/mol. The fourth-order valence-electron chi connectivity index (χ4n) is 10.2. The molecular formula is C73H124O12. The lowest BCUT2D eigenvalue weighted by Gasteiger charge is -2.40. The number of unbranched alkanes of at least 4 members (excludes halogenated alkanes) is 31. The summed E-state index contributed by atoms with van der Waals surface area (Å²) in [5.74, 6) is -3.18. The number of carbonyl (C=O) groups excluding carboxylic acids is 3. The molecule has 12 nitrogen and oxygen atoms in total. The number of esters is 3. The number of hydrogen-bond donors (Lipinski definition) is 3. The fourth-order valence-corrected chi connectivity index (χ4v) is 10.2. The van der Waals surface area contributed by atoms with E-state index in [0.29, 0.717) is 25.7 Å². The van der Waals surface area contributed by atoms with Crippen LogP contribution in [0.3, 0.4) is 0 Å². The maximum Gasteiger partial charge on any atom is 0.335 e. The minimum Gasteiger partial charge on any atom is -0.479 e. The summed E-state index contributed by atoms with van der Waals surface area (Å²) in [4.78, 5) is 51.4. The molecule has 1 fully saturated rings. The van der Waals surface area contributed by atoms with Crippen molar-refractivity contribution in [3.63, 3.8) is 0 Å². The van der Waals surface area contributed by atoms with Crippen LogP contribution in [0.15, 0.2) is 85.1 Å². The highest BCUT2D eigenvalue weighted by Gasteiger charge is 2.50. The predicted octanol–water partition coefficient (Wildman–Crippen LogP) is 19.0. The first-order chi connectivity index (χ1) is 41.6. The van der Waals surface area contributed by atoms with E-state index in [4.69, 9.17) is 23.7 Å². The Balaban J connectivity index is 2.67. The molecule has 1 rings (SSSR count). The van der Waals surface area contributed by atoms with Crippen molar-refractivity contribution in [2.24, 2.45) is 0 Å². The van der Waals surface area contributed by atoms with Gasteiger partial charge in [-0.05, 0) is 89.9 Å². The average Bonchev–Trinajstić information content (AvgIpc) is 2.83. The van der Waals surface area contributed by atoms with Crippen molar-refractivity contribution in [2.45, 2.75) is 340 Å². The van der Waals surface area contributed by atoms with Crippen LogP contribution in [0.4, 0.5) is 0 Å². The van der Waals surface area contributed by atoms with Crippen molar-refractivity contribution in [2.75, 3.05) is 13.2 Å². The Hall–Kier alpha value is -4.10. The number of carboxylic acids is 1. The first-order valence-electron chi connectivity index (χ1n) is 34.6. The Kier molecular flexibility index (Phi) is 55.9. The Morgan fingerprint density at radius 1 is 0.400 bits per heavy atom. The monoisotopic (exact) mass is 1190 g/mol. The molecule has 6 atom stereocenters. The molecule has 0 amide bonds. The third kappa shape index (κ3) is 49.6. The van der Waals surface area contributed by atoms with Crippen LogP contribution < -0.4 is 0 Å². The highest BCUT2D eigenvalue weighted by atomic mass is 16.7. The van der Waals surface area contributed by atoms with Crippen molar-refractivity contribution in [1.29, 1.82) is 0 Å². The molecule has 6 unspecified atom stereocenters. The Morgan fingerprint density at radius 2 is 0.753 bits per heavy atom. The van der Waals surface area contributed by atoms with E-state index in [2.05, 4.69) is 93.7 Å². The van der Waals surface area contributed by atoms with Gasteiger partial charge in [-0.1, -0.05) is 279 Å². The number of allylic oxidation sites excluding steroid dienone is 14. The summed E-state index contributed by atoms with van der Waals surface area (Å²) in [5, 5.41) is 31.6. The number of ether oxygens (including phenoxy) is 5. The van der Waals surface area contributed by atoms with E-state index in [1.165, 1.54) is 154 Å². The van der Waals surface area contributed by atoms with Gasteiger partial charge in [0.05, 0.1) is 6.61 Å². The normalized spacial score (nSPS) is 18.0. The van der Waals surface area contributed by atoms with Gasteiger partial charge in [0.25, 0.3) is 0 Å². The molecule has 0 radical (unpaired) electrons. The van der Waals surface area contributed by atoms with Crippen LogP contribution in [0.25, 0.3) is 0 Å². The second-order valence-corrected chi connectivity index (χ2v) is 23.4. The van der Waals surface area contributed by atoms with Gasteiger partial charge in [-0.25, -0.2) is 4.79 Å². The number of hydrogen-bond acceptors (Lipinski definition) is 11. The molecule has 1 saturated heterocycles. The summed E-state index contributed by atoms with van der Waals surface area (Å²) < 4.78 is 28.5. The fraction of sp³-hybridized carbons (Fsp3) is 0.753. The van der Waals surface area contributed by atoms with Crippen LogP contribution in [-0.2, 0) is 42.9 Å². The molecule has 1 heterocycles. The van der Waals surface area contributed by atoms with Gasteiger partial charge in [0, 0.05) is 19.3 Å². The summed E-state index contributed by atoms with van der Waals surface area (Å²) >= 11 is 0. The van der Waals surface area contributed by atoms with Gasteiger partial charge >= 0.3 is 23.9 Å². The lowest BCUT2D eigenvalue weighted by molar-refractivity contribution is -0.301. The molecule has 0 aromatic heterocycles. The van der Waals surface area contributed by atoms with Crippen LogP contribution in [-0.4, -0.2) is 89.2 Å². The number of carbonyl (C=O) groups is 4. The standard InChI is InChI=1S/C73H124O12/c1-4-7-10-13-16-19-22-25-28-31-33-36-38-41-44-47-50-53-56-59-65(74)81-62-64(83-66(75)60-57-54-51-48-45-42-40-37-34-32-29-26-23-20-17-14-11-8-5-2)63-82-73-71(69(78)68(77)70(85-73)72(79)80)84-67(76)61-58-55-52-49-46-43-39-35-30-27-24-21-18-15-12-9-6-3/h9,12,16,18-19,21,25,27-28,30,39,43,49,52,64,68-71,73,77-78H,4-8,10-11,13-15,17,20,22-24,26,29,31-38,40-42,44-48,50-51,53-63H2,1-3H3,(H,79,80)/b12-9-,19-16-,21-18-,28-25-,30-27-,43-39-,52-49-. The molecule has 1 aliphatic heterocycles. The minimum absolute atomic E-state index is 0.0192. The van der Waals surface area contributed by atoms with Crippen LogP contribution in [0.2, 0.25) is 0 Å². The molecule has 0 saturated carbocycles. The van der Waals surface area contributed by atoms with Crippen LogP contribution in [0, 0.1) is 0 Å². The van der Waals surface area contributed by atoms with Gasteiger partial charge in [-0.15, -0.1) is 0 Å². The van der Waals surface area contributed by atoms with Gasteiger partial charge in [-0.2, -0.15) is 0 Å². The summed E-state index contributed by atoms with van der Waals surface area (Å²) in [5.41, 5.74) is 0. The van der Waals surface area contributed by atoms with Crippen molar-refractivity contribution < 1.29 is 58.2 Å². The molecule has 0 bridgehead atoms. The topological polar surface area (TPSA) is 175 Å². The van der Waals surface area contributed by atoms with E-state index >= 15 is 0 Å². The minimum atomic E-state index is -1.93. The Labute approximate surface area is 518 Å². The first kappa shape index (κ1) is 78.9. The van der Waals surface area contributed by atoms with Crippen molar-refractivity contribution >= 4 is 23.9 Å². The van der Waals surface area contributed by atoms with Crippen molar-refractivity contribution in [3.05, 3.63) is 85.1 Å².